The summed E-state index contributed by atoms with van der Waals surface area (Å²) in [7, 11) is 1.98. The van der Waals surface area contributed by atoms with Crippen molar-refractivity contribution in [2.75, 3.05) is 7.05 Å². The normalized spacial score (nSPS) is 16.1. The molecule has 3 rings (SSSR count). The molecule has 1 aliphatic carbocycles. The molecule has 1 heterocycles. The molecule has 0 bridgehead atoms. The molecular formula is C15H20N4OS. The third-order valence-corrected chi connectivity index (χ3v) is 4.81. The Labute approximate surface area is 128 Å². The maximum atomic E-state index is 11.8. The van der Waals surface area contributed by atoms with Crippen molar-refractivity contribution in [2.45, 2.75) is 48.3 Å². The topological polar surface area (TPSA) is 62.7 Å². The Kier molecular flexibility index (Phi) is 4.17. The van der Waals surface area contributed by atoms with E-state index < -0.39 is 0 Å². The highest BCUT2D eigenvalue weighted by molar-refractivity contribution is 7.99. The van der Waals surface area contributed by atoms with Gasteiger partial charge in [0.25, 0.3) is 0 Å². The molecule has 1 aliphatic rings. The summed E-state index contributed by atoms with van der Waals surface area (Å²) in [5.41, 5.74) is 1.18. The number of nitrogens with zero attached hydrogens (tertiary/aromatic N) is 2. The summed E-state index contributed by atoms with van der Waals surface area (Å²) >= 11 is 1.54. The summed E-state index contributed by atoms with van der Waals surface area (Å²) < 4.78 is 1.78. The smallest absolute Gasteiger partial charge is 0.313 e. The number of benzene rings is 1. The van der Waals surface area contributed by atoms with E-state index >= 15 is 0 Å². The maximum Gasteiger partial charge on any atom is 0.344 e. The first-order chi connectivity index (χ1) is 10.2. The average molecular weight is 304 g/mol. The zero-order valence-corrected chi connectivity index (χ0v) is 13.1. The molecule has 1 fully saturated rings. The van der Waals surface area contributed by atoms with Gasteiger partial charge in [-0.25, -0.2) is 9.89 Å². The second-order valence-corrected chi connectivity index (χ2v) is 6.37. The first-order valence-electron chi connectivity index (χ1n) is 7.35. The van der Waals surface area contributed by atoms with Crippen LogP contribution in [0.15, 0.2) is 39.1 Å². The fourth-order valence-corrected chi connectivity index (χ4v) is 3.40. The molecule has 5 nitrogen and oxygen atoms in total. The van der Waals surface area contributed by atoms with Crippen molar-refractivity contribution in [3.63, 3.8) is 0 Å². The van der Waals surface area contributed by atoms with Crippen molar-refractivity contribution in [1.29, 1.82) is 0 Å². The molecule has 1 saturated carbocycles. The van der Waals surface area contributed by atoms with Gasteiger partial charge in [-0.1, -0.05) is 19.1 Å². The number of nitrogens with one attached hydrogen (secondary N) is 2. The molecule has 0 spiro atoms. The fourth-order valence-electron chi connectivity index (χ4n) is 2.50. The van der Waals surface area contributed by atoms with Gasteiger partial charge in [0.15, 0.2) is 5.16 Å². The Bertz CT molecular complexity index is 653. The third kappa shape index (κ3) is 3.06. The predicted octanol–water partition coefficient (Wildman–Crippen LogP) is 2.73. The molecule has 1 unspecified atom stereocenters. The van der Waals surface area contributed by atoms with Crippen LogP contribution in [0.25, 0.3) is 0 Å². The van der Waals surface area contributed by atoms with Gasteiger partial charge in [0, 0.05) is 17.0 Å². The summed E-state index contributed by atoms with van der Waals surface area (Å²) in [6.07, 6.45) is 3.21. The third-order valence-electron chi connectivity index (χ3n) is 3.83. The van der Waals surface area contributed by atoms with Crippen molar-refractivity contribution in [3.05, 3.63) is 40.3 Å². The Balaban J connectivity index is 1.78. The van der Waals surface area contributed by atoms with Crippen LogP contribution in [0.1, 0.15) is 43.8 Å². The molecule has 0 aliphatic heterocycles. The van der Waals surface area contributed by atoms with Crippen LogP contribution in [-0.2, 0) is 0 Å². The largest absolute Gasteiger partial charge is 0.344 e. The standard InChI is InChI=1S/C15H20N4OS/c1-3-13(16-2)10-4-8-12(9-5-10)21-15-18-17-14(20)19(15)11-6-7-11/h4-5,8-9,11,13,16H,3,6-7H2,1-2H3,(H,17,20). The number of aromatic nitrogens is 3. The van der Waals surface area contributed by atoms with Crippen molar-refractivity contribution in [2.24, 2.45) is 0 Å². The van der Waals surface area contributed by atoms with Crippen LogP contribution in [0.5, 0.6) is 0 Å². The van der Waals surface area contributed by atoms with Crippen LogP contribution in [0, 0.1) is 0 Å². The minimum Gasteiger partial charge on any atom is -0.313 e. The van der Waals surface area contributed by atoms with E-state index in [9.17, 15) is 4.79 Å². The van der Waals surface area contributed by atoms with Crippen LogP contribution in [-0.4, -0.2) is 21.8 Å². The second-order valence-electron chi connectivity index (χ2n) is 5.33. The van der Waals surface area contributed by atoms with Gasteiger partial charge in [-0.2, -0.15) is 0 Å². The van der Waals surface area contributed by atoms with E-state index in [1.54, 1.807) is 4.57 Å². The molecule has 0 radical (unpaired) electrons. The highest BCUT2D eigenvalue weighted by Gasteiger charge is 2.28. The van der Waals surface area contributed by atoms with E-state index in [-0.39, 0.29) is 5.69 Å². The molecular weight excluding hydrogens is 284 g/mol. The molecule has 112 valence electrons. The fraction of sp³-hybridized carbons (Fsp3) is 0.467. The van der Waals surface area contributed by atoms with E-state index in [4.69, 9.17) is 0 Å². The highest BCUT2D eigenvalue weighted by atomic mass is 32.2. The second kappa shape index (κ2) is 6.07. The molecule has 2 aromatic rings. The first-order valence-corrected chi connectivity index (χ1v) is 8.16. The summed E-state index contributed by atoms with van der Waals surface area (Å²) in [4.78, 5) is 12.9. The molecule has 2 N–H and O–H groups in total. The van der Waals surface area contributed by atoms with Gasteiger partial charge >= 0.3 is 5.69 Å². The minimum atomic E-state index is -0.0992. The van der Waals surface area contributed by atoms with Crippen LogP contribution >= 0.6 is 11.8 Å². The van der Waals surface area contributed by atoms with Gasteiger partial charge in [-0.05, 0) is 55.8 Å². The SMILES string of the molecule is CCC(NC)c1ccc(Sc2n[nH]c(=O)n2C2CC2)cc1. The molecule has 21 heavy (non-hydrogen) atoms. The number of hydrogen-bond acceptors (Lipinski definition) is 4. The zero-order valence-electron chi connectivity index (χ0n) is 12.3. The lowest BCUT2D eigenvalue weighted by molar-refractivity contribution is 0.576. The van der Waals surface area contributed by atoms with E-state index in [2.05, 4.69) is 46.7 Å². The van der Waals surface area contributed by atoms with Gasteiger partial charge in [-0.15, -0.1) is 5.10 Å². The maximum absolute atomic E-state index is 11.8. The minimum absolute atomic E-state index is 0.0992. The molecule has 6 heteroatoms. The van der Waals surface area contributed by atoms with Crippen molar-refractivity contribution in [1.82, 2.24) is 20.1 Å². The van der Waals surface area contributed by atoms with Crippen molar-refractivity contribution in [3.8, 4) is 0 Å². The van der Waals surface area contributed by atoms with E-state index in [0.29, 0.717) is 12.1 Å². The van der Waals surface area contributed by atoms with E-state index in [1.165, 1.54) is 17.3 Å². The van der Waals surface area contributed by atoms with Crippen LogP contribution < -0.4 is 11.0 Å². The Morgan fingerprint density at radius 2 is 2.14 bits per heavy atom. The van der Waals surface area contributed by atoms with Gasteiger partial charge in [-0.3, -0.25) is 4.57 Å². The highest BCUT2D eigenvalue weighted by Crippen LogP contribution is 2.37. The molecule has 1 atom stereocenters. The quantitative estimate of drug-likeness (QED) is 0.861. The number of H-pyrrole nitrogens is 1. The number of aromatic amines is 1. The Morgan fingerprint density at radius 3 is 2.71 bits per heavy atom. The predicted molar refractivity (Wildman–Crippen MR) is 83.8 cm³/mol. The average Bonchev–Trinajstić information content (AvgIpc) is 3.27. The lowest BCUT2D eigenvalue weighted by atomic mass is 10.1. The van der Waals surface area contributed by atoms with Crippen LogP contribution in [0.4, 0.5) is 0 Å². The first kappa shape index (κ1) is 14.4. The van der Waals surface area contributed by atoms with E-state index in [1.807, 2.05) is 7.05 Å². The number of hydrogen-bond donors (Lipinski definition) is 2. The summed E-state index contributed by atoms with van der Waals surface area (Å²) in [5.74, 6) is 0. The van der Waals surface area contributed by atoms with Crippen molar-refractivity contribution < 1.29 is 0 Å². The lowest BCUT2D eigenvalue weighted by Gasteiger charge is -2.14. The van der Waals surface area contributed by atoms with Gasteiger partial charge in [0.05, 0.1) is 0 Å². The zero-order chi connectivity index (χ0) is 14.8. The summed E-state index contributed by atoms with van der Waals surface area (Å²) in [5, 5.41) is 10.8. The molecule has 1 aromatic carbocycles. The number of rotatable bonds is 6. The summed E-state index contributed by atoms with van der Waals surface area (Å²) in [6, 6.07) is 9.19. The van der Waals surface area contributed by atoms with E-state index in [0.717, 1.165) is 29.3 Å². The molecule has 1 aromatic heterocycles. The van der Waals surface area contributed by atoms with Crippen LogP contribution in [0.2, 0.25) is 0 Å². The molecule has 0 saturated heterocycles. The lowest BCUT2D eigenvalue weighted by Crippen LogP contribution is -2.16. The summed E-state index contributed by atoms with van der Waals surface area (Å²) in [6.45, 7) is 2.17. The van der Waals surface area contributed by atoms with Gasteiger partial charge < -0.3 is 5.32 Å². The van der Waals surface area contributed by atoms with Gasteiger partial charge in [0.2, 0.25) is 0 Å². The Hall–Kier alpha value is -1.53. The van der Waals surface area contributed by atoms with Gasteiger partial charge in [0.1, 0.15) is 0 Å². The van der Waals surface area contributed by atoms with Crippen LogP contribution in [0.3, 0.4) is 0 Å². The monoisotopic (exact) mass is 304 g/mol. The Morgan fingerprint density at radius 1 is 1.43 bits per heavy atom. The van der Waals surface area contributed by atoms with Crippen molar-refractivity contribution >= 4 is 11.8 Å². The molecule has 0 amide bonds.